The lowest BCUT2D eigenvalue weighted by Crippen LogP contribution is -2.32. The van der Waals surface area contributed by atoms with Crippen molar-refractivity contribution in [3.05, 3.63) is 107 Å². The van der Waals surface area contributed by atoms with Crippen LogP contribution in [0.4, 0.5) is 5.69 Å². The molecule has 4 aromatic rings. The van der Waals surface area contributed by atoms with Crippen molar-refractivity contribution in [2.24, 2.45) is 0 Å². The van der Waals surface area contributed by atoms with Gasteiger partial charge in [0.2, 0.25) is 0 Å². The molecule has 7 nitrogen and oxygen atoms in total. The molecule has 0 radical (unpaired) electrons. The minimum absolute atomic E-state index is 0.000953. The van der Waals surface area contributed by atoms with Crippen LogP contribution in [0, 0.1) is 0 Å². The molecule has 0 spiro atoms. The Morgan fingerprint density at radius 2 is 1.70 bits per heavy atom. The zero-order valence-corrected chi connectivity index (χ0v) is 19.2. The fourth-order valence-electron chi connectivity index (χ4n) is 3.38. The van der Waals surface area contributed by atoms with Crippen molar-refractivity contribution in [3.8, 4) is 5.69 Å². The highest BCUT2D eigenvalue weighted by Crippen LogP contribution is 2.33. The van der Waals surface area contributed by atoms with E-state index in [-0.39, 0.29) is 22.0 Å². The van der Waals surface area contributed by atoms with Gasteiger partial charge in [0.1, 0.15) is 4.90 Å². The van der Waals surface area contributed by atoms with E-state index in [2.05, 4.69) is 5.10 Å². The maximum atomic E-state index is 13.8. The second-order valence-electron chi connectivity index (χ2n) is 7.07. The van der Waals surface area contributed by atoms with E-state index in [0.29, 0.717) is 5.69 Å². The molecule has 0 unspecified atom stereocenters. The summed E-state index contributed by atoms with van der Waals surface area (Å²) < 4.78 is 35.4. The molecule has 0 saturated heterocycles. The van der Waals surface area contributed by atoms with Gasteiger partial charge in [-0.05, 0) is 48.0 Å². The molecule has 0 saturated carbocycles. The standard InChI is InChI=1S/C24H20ClN3O4S/c1-32-24(29)20-7-2-5-10-23(20)33(30,31)28(22-9-4-3-8-21(22)25)17-18-11-13-19(14-12-18)27-16-6-15-26-27/h2-16H,17H2,1H3. The molecule has 0 aliphatic heterocycles. The van der Waals surface area contributed by atoms with Gasteiger partial charge in [0.25, 0.3) is 10.0 Å². The average molecular weight is 482 g/mol. The maximum absolute atomic E-state index is 13.8. The van der Waals surface area contributed by atoms with Crippen LogP contribution in [0.1, 0.15) is 15.9 Å². The third kappa shape index (κ3) is 4.62. The van der Waals surface area contributed by atoms with Gasteiger partial charge in [-0.2, -0.15) is 5.10 Å². The van der Waals surface area contributed by atoms with Gasteiger partial charge in [0.15, 0.2) is 0 Å². The number of ether oxygens (including phenoxy) is 1. The number of sulfonamides is 1. The van der Waals surface area contributed by atoms with Crippen molar-refractivity contribution in [2.45, 2.75) is 11.4 Å². The van der Waals surface area contributed by atoms with E-state index >= 15 is 0 Å². The van der Waals surface area contributed by atoms with Gasteiger partial charge in [-0.3, -0.25) is 4.31 Å². The monoisotopic (exact) mass is 481 g/mol. The fourth-order valence-corrected chi connectivity index (χ4v) is 5.33. The van der Waals surface area contributed by atoms with Crippen molar-refractivity contribution >= 4 is 33.3 Å². The summed E-state index contributed by atoms with van der Waals surface area (Å²) in [5.41, 5.74) is 1.82. The lowest BCUT2D eigenvalue weighted by atomic mass is 10.2. The van der Waals surface area contributed by atoms with Crippen LogP contribution in [0.5, 0.6) is 0 Å². The number of para-hydroxylation sites is 1. The summed E-state index contributed by atoms with van der Waals surface area (Å²) in [6.45, 7) is 0.000953. The Bertz CT molecular complexity index is 1370. The zero-order chi connectivity index (χ0) is 23.4. The van der Waals surface area contributed by atoms with Gasteiger partial charge >= 0.3 is 5.97 Å². The molecule has 0 bridgehead atoms. The van der Waals surface area contributed by atoms with Crippen molar-refractivity contribution in [1.82, 2.24) is 9.78 Å². The first-order valence-corrected chi connectivity index (χ1v) is 11.8. The molecule has 4 rings (SSSR count). The zero-order valence-electron chi connectivity index (χ0n) is 17.6. The van der Waals surface area contributed by atoms with Crippen LogP contribution >= 0.6 is 11.6 Å². The first-order chi connectivity index (χ1) is 15.9. The number of aromatic nitrogens is 2. The predicted octanol–water partition coefficient (Wildman–Crippen LogP) is 4.71. The Morgan fingerprint density at radius 3 is 2.36 bits per heavy atom. The molecule has 0 atom stereocenters. The lowest BCUT2D eigenvalue weighted by Gasteiger charge is -2.26. The Balaban J connectivity index is 1.78. The number of hydrogen-bond donors (Lipinski definition) is 0. The lowest BCUT2D eigenvalue weighted by molar-refractivity contribution is 0.0596. The van der Waals surface area contributed by atoms with Crippen LogP contribution in [0.2, 0.25) is 5.02 Å². The summed E-state index contributed by atoms with van der Waals surface area (Å²) >= 11 is 6.39. The summed E-state index contributed by atoms with van der Waals surface area (Å²) in [4.78, 5) is 12.1. The van der Waals surface area contributed by atoms with E-state index in [1.165, 1.54) is 23.5 Å². The molecule has 1 aromatic heterocycles. The second kappa shape index (κ2) is 9.48. The summed E-state index contributed by atoms with van der Waals surface area (Å²) in [6.07, 6.45) is 3.50. The molecule has 0 aliphatic carbocycles. The number of anilines is 1. The van der Waals surface area contributed by atoms with E-state index < -0.39 is 16.0 Å². The molecule has 0 fully saturated rings. The Morgan fingerprint density at radius 1 is 1.00 bits per heavy atom. The van der Waals surface area contributed by atoms with Gasteiger partial charge in [-0.1, -0.05) is 48.0 Å². The van der Waals surface area contributed by atoms with Crippen LogP contribution in [0.15, 0.2) is 96.2 Å². The first-order valence-electron chi connectivity index (χ1n) is 9.95. The van der Waals surface area contributed by atoms with E-state index in [1.807, 2.05) is 36.5 Å². The molecule has 3 aromatic carbocycles. The van der Waals surface area contributed by atoms with Crippen LogP contribution in [-0.4, -0.2) is 31.3 Å². The number of nitrogens with zero attached hydrogens (tertiary/aromatic N) is 3. The van der Waals surface area contributed by atoms with Crippen molar-refractivity contribution < 1.29 is 17.9 Å². The molecule has 9 heteroatoms. The summed E-state index contributed by atoms with van der Waals surface area (Å²) in [7, 11) is -2.98. The van der Waals surface area contributed by atoms with E-state index in [9.17, 15) is 13.2 Å². The molecular formula is C24H20ClN3O4S. The Labute approximate surface area is 196 Å². The fraction of sp³-hybridized carbons (Fsp3) is 0.0833. The molecule has 0 N–H and O–H groups in total. The van der Waals surface area contributed by atoms with Gasteiger partial charge in [-0.15, -0.1) is 0 Å². The highest BCUT2D eigenvalue weighted by Gasteiger charge is 2.31. The summed E-state index contributed by atoms with van der Waals surface area (Å²) in [5, 5.41) is 4.47. The minimum Gasteiger partial charge on any atom is -0.465 e. The number of methoxy groups -OCH3 is 1. The minimum atomic E-state index is -4.18. The summed E-state index contributed by atoms with van der Waals surface area (Å²) in [6, 6.07) is 21.8. The Hall–Kier alpha value is -3.62. The average Bonchev–Trinajstić information content (AvgIpc) is 3.38. The van der Waals surface area contributed by atoms with Crippen LogP contribution in [-0.2, 0) is 21.3 Å². The number of rotatable bonds is 7. The van der Waals surface area contributed by atoms with E-state index in [0.717, 1.165) is 11.3 Å². The third-order valence-electron chi connectivity index (χ3n) is 5.01. The van der Waals surface area contributed by atoms with Gasteiger partial charge in [-0.25, -0.2) is 17.9 Å². The number of halogens is 1. The van der Waals surface area contributed by atoms with Gasteiger partial charge in [0, 0.05) is 12.4 Å². The molecule has 0 amide bonds. The van der Waals surface area contributed by atoms with Gasteiger partial charge in [0.05, 0.1) is 35.6 Å². The SMILES string of the molecule is COC(=O)c1ccccc1S(=O)(=O)N(Cc1ccc(-n2cccn2)cc1)c1ccccc1Cl. The highest BCUT2D eigenvalue weighted by atomic mass is 35.5. The maximum Gasteiger partial charge on any atom is 0.339 e. The number of esters is 1. The van der Waals surface area contributed by atoms with E-state index in [4.69, 9.17) is 16.3 Å². The highest BCUT2D eigenvalue weighted by molar-refractivity contribution is 7.92. The molecule has 168 valence electrons. The summed E-state index contributed by atoms with van der Waals surface area (Å²) in [5.74, 6) is -0.739. The number of benzene rings is 3. The molecular weight excluding hydrogens is 462 g/mol. The van der Waals surface area contributed by atoms with Crippen LogP contribution < -0.4 is 4.31 Å². The normalized spacial score (nSPS) is 11.2. The second-order valence-corrected chi connectivity index (χ2v) is 9.31. The predicted molar refractivity (Wildman–Crippen MR) is 126 cm³/mol. The smallest absolute Gasteiger partial charge is 0.339 e. The van der Waals surface area contributed by atoms with Crippen molar-refractivity contribution in [1.29, 1.82) is 0 Å². The molecule has 1 heterocycles. The molecule has 33 heavy (non-hydrogen) atoms. The Kier molecular flexibility index (Phi) is 6.48. The quantitative estimate of drug-likeness (QED) is 0.357. The van der Waals surface area contributed by atoms with Crippen LogP contribution in [0.25, 0.3) is 5.69 Å². The van der Waals surface area contributed by atoms with Crippen LogP contribution in [0.3, 0.4) is 0 Å². The number of carbonyl (C=O) groups is 1. The van der Waals surface area contributed by atoms with Crippen molar-refractivity contribution in [2.75, 3.05) is 11.4 Å². The van der Waals surface area contributed by atoms with Crippen molar-refractivity contribution in [3.63, 3.8) is 0 Å². The van der Waals surface area contributed by atoms with E-state index in [1.54, 1.807) is 47.3 Å². The number of carbonyl (C=O) groups excluding carboxylic acids is 1. The topological polar surface area (TPSA) is 81.5 Å². The number of hydrogen-bond acceptors (Lipinski definition) is 5. The third-order valence-corrected chi connectivity index (χ3v) is 7.15. The molecule has 0 aliphatic rings. The van der Waals surface area contributed by atoms with Gasteiger partial charge < -0.3 is 4.74 Å². The first kappa shape index (κ1) is 22.6. The largest absolute Gasteiger partial charge is 0.465 e.